The zero-order chi connectivity index (χ0) is 53.0. The summed E-state index contributed by atoms with van der Waals surface area (Å²) >= 11 is 1.60. The van der Waals surface area contributed by atoms with Crippen molar-refractivity contribution < 1.29 is 89.9 Å². The van der Waals surface area contributed by atoms with Gasteiger partial charge in [0, 0.05) is 68.8 Å². The van der Waals surface area contributed by atoms with E-state index < -0.39 is 66.5 Å². The topological polar surface area (TPSA) is 243 Å². The fourth-order valence-corrected chi connectivity index (χ4v) is 8.55. The van der Waals surface area contributed by atoms with Crippen LogP contribution in [0.25, 0.3) is 6.08 Å². The minimum absolute atomic E-state index is 0.00285. The number of aliphatic hydroxyl groups excluding tert-OH is 3. The molecule has 412 valence electrons. The third-order valence-electron chi connectivity index (χ3n) is 11.1. The minimum atomic E-state index is -1.95. The Morgan fingerprint density at radius 2 is 1.33 bits per heavy atom. The van der Waals surface area contributed by atoms with Crippen LogP contribution in [-0.2, 0) is 58.8 Å². The SMILES string of the molecule is CCCN(CCC)C(=O)C1=Cc2sc(CN3CCN(C(=O)CCOCCOC(CO)OCCOCCOCC(OCCOCCOCCO)C(CO)C(=O)Oc4c(F)c(F)cc(F)c4F)CC3)cc2N=C(N)C1. The van der Waals surface area contributed by atoms with Gasteiger partial charge in [-0.3, -0.25) is 19.3 Å². The van der Waals surface area contributed by atoms with Crippen molar-refractivity contribution >= 4 is 46.7 Å². The first-order valence-corrected chi connectivity index (χ1v) is 25.2. The Balaban J connectivity index is 1.08. The van der Waals surface area contributed by atoms with Crippen LogP contribution in [0.5, 0.6) is 5.75 Å². The second-order valence-corrected chi connectivity index (χ2v) is 17.8. The summed E-state index contributed by atoms with van der Waals surface area (Å²) in [4.78, 5) is 51.8. The summed E-state index contributed by atoms with van der Waals surface area (Å²) in [6.45, 7) is 7.51. The first-order chi connectivity index (χ1) is 35.3. The first kappa shape index (κ1) is 61.3. The Morgan fingerprint density at radius 3 is 1.92 bits per heavy atom. The third-order valence-corrected chi connectivity index (χ3v) is 12.2. The van der Waals surface area contributed by atoms with Crippen molar-refractivity contribution in [2.75, 3.05) is 145 Å². The Bertz CT molecular complexity index is 2020. The molecule has 0 spiro atoms. The fraction of sp³-hybridized carbons (Fsp3) is 0.667. The van der Waals surface area contributed by atoms with E-state index in [1.54, 1.807) is 11.3 Å². The highest BCUT2D eigenvalue weighted by molar-refractivity contribution is 7.13. The zero-order valence-electron chi connectivity index (χ0n) is 41.6. The van der Waals surface area contributed by atoms with Crippen molar-refractivity contribution in [2.24, 2.45) is 16.6 Å². The van der Waals surface area contributed by atoms with E-state index in [1.807, 2.05) is 21.9 Å². The van der Waals surface area contributed by atoms with Gasteiger partial charge in [-0.25, -0.2) is 13.8 Å². The van der Waals surface area contributed by atoms with Gasteiger partial charge in [0.25, 0.3) is 0 Å². The normalized spacial score (nSPS) is 15.3. The standard InChI is InChI=1S/C48H71F4N5O15S/c1-3-6-57(7-4-2)47(62)33-25-40-38(54-41(53)26-33)27-34(73-40)29-55-8-10-56(11-9-55)42(61)5-13-64-20-23-70-43(31-60)71-24-21-67-17-18-68-32-39(69-22-19-66-16-15-65-14-12-58)35(30-59)48(63)72-46-44(51)36(49)28-37(50)45(46)52/h25,27-28,35,39,43,58-60H,3-24,26,29-32H2,1-2H3,(H2,53,54). The molecule has 25 heteroatoms. The third kappa shape index (κ3) is 21.1. The molecule has 2 aliphatic rings. The molecule has 0 saturated carbocycles. The molecule has 1 aromatic heterocycles. The fourth-order valence-electron chi connectivity index (χ4n) is 7.44. The van der Waals surface area contributed by atoms with Gasteiger partial charge in [-0.2, -0.15) is 8.78 Å². The largest absolute Gasteiger partial charge is 0.420 e. The van der Waals surface area contributed by atoms with Gasteiger partial charge >= 0.3 is 5.97 Å². The van der Waals surface area contributed by atoms with Gasteiger partial charge in [0.15, 0.2) is 17.9 Å². The summed E-state index contributed by atoms with van der Waals surface area (Å²) in [6, 6.07) is 1.98. The molecule has 0 radical (unpaired) electrons. The van der Waals surface area contributed by atoms with Crippen LogP contribution in [0.3, 0.4) is 0 Å². The highest BCUT2D eigenvalue weighted by Crippen LogP contribution is 2.36. The van der Waals surface area contributed by atoms with Crippen LogP contribution in [0, 0.1) is 29.2 Å². The summed E-state index contributed by atoms with van der Waals surface area (Å²) in [7, 11) is 0. The van der Waals surface area contributed by atoms with Gasteiger partial charge in [0.05, 0.1) is 129 Å². The number of thiophene rings is 1. The number of halogens is 4. The molecule has 20 nitrogen and oxygen atoms in total. The lowest BCUT2D eigenvalue weighted by Gasteiger charge is -2.34. The molecule has 1 fully saturated rings. The summed E-state index contributed by atoms with van der Waals surface area (Å²) in [5.74, 6) is -11.8. The number of aliphatic imine (C=N–C) groups is 1. The lowest BCUT2D eigenvalue weighted by molar-refractivity contribution is -0.176. The Labute approximate surface area is 426 Å². The maximum absolute atomic E-state index is 14.2. The maximum atomic E-state index is 14.2. The summed E-state index contributed by atoms with van der Waals surface area (Å²) < 4.78 is 104. The van der Waals surface area contributed by atoms with E-state index in [9.17, 15) is 42.2 Å². The molecule has 0 bridgehead atoms. The van der Waals surface area contributed by atoms with Crippen LogP contribution < -0.4 is 10.5 Å². The highest BCUT2D eigenvalue weighted by atomic mass is 32.1. The van der Waals surface area contributed by atoms with E-state index in [1.165, 1.54) is 0 Å². The van der Waals surface area contributed by atoms with E-state index in [-0.39, 0.29) is 117 Å². The van der Waals surface area contributed by atoms with Gasteiger partial charge in [0.1, 0.15) is 11.8 Å². The van der Waals surface area contributed by atoms with E-state index >= 15 is 0 Å². The highest BCUT2D eigenvalue weighted by Gasteiger charge is 2.34. The van der Waals surface area contributed by atoms with E-state index in [0.717, 1.165) is 28.3 Å². The van der Waals surface area contributed by atoms with Crippen LogP contribution >= 0.6 is 11.3 Å². The van der Waals surface area contributed by atoms with Crippen molar-refractivity contribution in [2.45, 2.75) is 58.5 Å². The number of carbonyl (C=O) groups excluding carboxylic acids is 3. The number of nitrogens with two attached hydrogens (primary N) is 1. The van der Waals surface area contributed by atoms with Gasteiger partial charge in [0.2, 0.25) is 29.2 Å². The maximum Gasteiger partial charge on any atom is 0.319 e. The molecule has 3 heterocycles. The molecule has 5 N–H and O–H groups in total. The van der Waals surface area contributed by atoms with Gasteiger partial charge in [-0.05, 0) is 25.0 Å². The number of benzene rings is 1. The smallest absolute Gasteiger partial charge is 0.319 e. The molecular weight excluding hydrogens is 995 g/mol. The summed E-state index contributed by atoms with van der Waals surface area (Å²) in [5, 5.41) is 28.5. The molecule has 2 aliphatic heterocycles. The summed E-state index contributed by atoms with van der Waals surface area (Å²) in [5.41, 5.74) is 7.67. The number of amides is 2. The van der Waals surface area contributed by atoms with Crippen LogP contribution in [0.2, 0.25) is 0 Å². The Hall–Kier alpha value is -4.22. The van der Waals surface area contributed by atoms with Crippen LogP contribution in [0.1, 0.15) is 49.3 Å². The molecule has 2 amide bonds. The predicted octanol–water partition coefficient (Wildman–Crippen LogP) is 2.79. The van der Waals surface area contributed by atoms with Crippen LogP contribution in [0.4, 0.5) is 23.2 Å². The van der Waals surface area contributed by atoms with Crippen molar-refractivity contribution in [3.8, 4) is 5.75 Å². The predicted molar refractivity (Wildman–Crippen MR) is 258 cm³/mol. The van der Waals surface area contributed by atoms with Crippen molar-refractivity contribution in [3.05, 3.63) is 50.7 Å². The van der Waals surface area contributed by atoms with E-state index in [4.69, 9.17) is 48.7 Å². The number of rotatable bonds is 37. The number of carbonyl (C=O) groups is 3. The van der Waals surface area contributed by atoms with Gasteiger partial charge in [-0.15, -0.1) is 11.3 Å². The van der Waals surface area contributed by atoms with E-state index in [0.29, 0.717) is 63.6 Å². The van der Waals surface area contributed by atoms with Crippen molar-refractivity contribution in [1.29, 1.82) is 0 Å². The quantitative estimate of drug-likeness (QED) is 0.0190. The second-order valence-electron chi connectivity index (χ2n) is 16.6. The number of ether oxygens (including phenoxy) is 9. The average molecular weight is 1070 g/mol. The first-order valence-electron chi connectivity index (χ1n) is 24.4. The van der Waals surface area contributed by atoms with Gasteiger partial charge in [-0.1, -0.05) is 13.8 Å². The minimum Gasteiger partial charge on any atom is -0.420 e. The number of piperazine rings is 1. The average Bonchev–Trinajstić information content (AvgIpc) is 3.66. The number of hydrogen-bond acceptors (Lipinski definition) is 19. The number of aliphatic hydroxyl groups is 3. The number of amidine groups is 1. The molecule has 3 atom stereocenters. The Kier molecular flexibility index (Phi) is 28.9. The summed E-state index contributed by atoms with van der Waals surface area (Å²) in [6.07, 6.45) is 1.94. The van der Waals surface area contributed by atoms with Crippen molar-refractivity contribution in [3.63, 3.8) is 0 Å². The Morgan fingerprint density at radius 1 is 0.753 bits per heavy atom. The second kappa shape index (κ2) is 34.4. The molecule has 4 rings (SSSR count). The number of nitrogens with zero attached hydrogens (tertiary/aromatic N) is 4. The lowest BCUT2D eigenvalue weighted by atomic mass is 10.0. The molecule has 2 aromatic rings. The van der Waals surface area contributed by atoms with Gasteiger partial charge < -0.3 is 73.5 Å². The van der Waals surface area contributed by atoms with Crippen molar-refractivity contribution in [1.82, 2.24) is 14.7 Å². The molecule has 1 aromatic carbocycles. The number of esters is 1. The molecule has 1 saturated heterocycles. The van der Waals surface area contributed by atoms with Crippen LogP contribution in [0.15, 0.2) is 22.7 Å². The molecule has 73 heavy (non-hydrogen) atoms. The molecule has 3 unspecified atom stereocenters. The molecule has 0 aliphatic carbocycles. The lowest BCUT2D eigenvalue weighted by Crippen LogP contribution is -2.48. The number of fused-ring (bicyclic) bond motifs is 1. The van der Waals surface area contributed by atoms with E-state index in [2.05, 4.69) is 28.5 Å². The molecular formula is C48H71F4N5O15S. The number of hydrogen-bond donors (Lipinski definition) is 4. The zero-order valence-corrected chi connectivity index (χ0v) is 42.4. The monoisotopic (exact) mass is 1070 g/mol. The van der Waals surface area contributed by atoms with Crippen LogP contribution in [-0.4, -0.2) is 211 Å².